The fraction of sp³-hybridized carbons (Fsp3) is 0.526. The first-order chi connectivity index (χ1) is 12.0. The molecule has 0 spiro atoms. The Hall–Kier alpha value is -2.37. The Balaban J connectivity index is 1.86. The lowest BCUT2D eigenvalue weighted by Crippen LogP contribution is -2.28. The molecule has 25 heavy (non-hydrogen) atoms. The van der Waals surface area contributed by atoms with Crippen LogP contribution in [0.2, 0.25) is 0 Å². The van der Waals surface area contributed by atoms with Crippen molar-refractivity contribution in [2.75, 3.05) is 7.11 Å². The molecule has 1 atom stereocenters. The summed E-state index contributed by atoms with van der Waals surface area (Å²) in [4.78, 5) is 17.4. The third-order valence-electron chi connectivity index (χ3n) is 4.97. The summed E-state index contributed by atoms with van der Waals surface area (Å²) in [6.07, 6.45) is 3.02. The van der Waals surface area contributed by atoms with Gasteiger partial charge in [0.15, 0.2) is 0 Å². The molecule has 0 aromatic carbocycles. The van der Waals surface area contributed by atoms with Gasteiger partial charge >= 0.3 is 0 Å². The van der Waals surface area contributed by atoms with Crippen molar-refractivity contribution < 1.29 is 9.53 Å². The second kappa shape index (κ2) is 6.86. The van der Waals surface area contributed by atoms with Gasteiger partial charge in [-0.15, -0.1) is 0 Å². The van der Waals surface area contributed by atoms with Crippen molar-refractivity contribution in [3.8, 4) is 5.88 Å². The Kier molecular flexibility index (Phi) is 4.79. The number of pyridine rings is 1. The Morgan fingerprint density at radius 2 is 2.16 bits per heavy atom. The molecular weight excluding hydrogens is 316 g/mol. The van der Waals surface area contributed by atoms with Gasteiger partial charge in [0.1, 0.15) is 5.56 Å². The number of carbonyl (C=O) groups excluding carboxylic acids is 1. The maximum absolute atomic E-state index is 12.8. The van der Waals surface area contributed by atoms with Crippen molar-refractivity contribution >= 4 is 5.91 Å². The second-order valence-corrected chi connectivity index (χ2v) is 6.60. The molecule has 1 N–H and O–H groups in total. The number of nitrogens with zero attached hydrogens (tertiary/aromatic N) is 3. The summed E-state index contributed by atoms with van der Waals surface area (Å²) in [6.45, 7) is 8.89. The summed E-state index contributed by atoms with van der Waals surface area (Å²) < 4.78 is 7.32. The predicted molar refractivity (Wildman–Crippen MR) is 96.1 cm³/mol. The molecule has 0 aliphatic heterocycles. The number of aryl methyl sites for hydroxylation is 4. The van der Waals surface area contributed by atoms with Crippen molar-refractivity contribution in [1.29, 1.82) is 0 Å². The van der Waals surface area contributed by atoms with Gasteiger partial charge in [0.05, 0.1) is 18.8 Å². The zero-order valence-corrected chi connectivity index (χ0v) is 15.6. The third-order valence-corrected chi connectivity index (χ3v) is 4.97. The number of nitrogens with one attached hydrogen (secondary N) is 1. The maximum Gasteiger partial charge on any atom is 0.257 e. The number of carbonyl (C=O) groups is 1. The fourth-order valence-electron chi connectivity index (χ4n) is 3.76. The van der Waals surface area contributed by atoms with Crippen LogP contribution in [0.25, 0.3) is 0 Å². The molecule has 6 nitrogen and oxygen atoms in total. The normalized spacial score (nSPS) is 14.3. The molecule has 1 aliphatic carbocycles. The van der Waals surface area contributed by atoms with E-state index in [-0.39, 0.29) is 11.9 Å². The van der Waals surface area contributed by atoms with Gasteiger partial charge < -0.3 is 10.1 Å². The lowest BCUT2D eigenvalue weighted by Gasteiger charge is -2.16. The van der Waals surface area contributed by atoms with E-state index in [9.17, 15) is 4.79 Å². The van der Waals surface area contributed by atoms with Crippen LogP contribution in [0.1, 0.15) is 64.9 Å². The molecule has 1 amide bonds. The van der Waals surface area contributed by atoms with E-state index in [0.29, 0.717) is 11.4 Å². The molecule has 0 unspecified atom stereocenters. The van der Waals surface area contributed by atoms with Crippen LogP contribution in [0.3, 0.4) is 0 Å². The lowest BCUT2D eigenvalue weighted by molar-refractivity contribution is 0.0936. The van der Waals surface area contributed by atoms with Gasteiger partial charge in [-0.05, 0) is 58.6 Å². The van der Waals surface area contributed by atoms with Crippen LogP contribution in [0.4, 0.5) is 0 Å². The Bertz CT molecular complexity index is 810. The highest BCUT2D eigenvalue weighted by molar-refractivity contribution is 5.97. The lowest BCUT2D eigenvalue weighted by atomic mass is 10.1. The van der Waals surface area contributed by atoms with E-state index >= 15 is 0 Å². The molecule has 0 saturated heterocycles. The minimum atomic E-state index is -0.158. The molecule has 134 valence electrons. The summed E-state index contributed by atoms with van der Waals surface area (Å²) in [5, 5.41) is 7.62. The molecular formula is C19H26N4O2. The van der Waals surface area contributed by atoms with Crippen molar-refractivity contribution in [2.45, 2.75) is 59.5 Å². The van der Waals surface area contributed by atoms with Gasteiger partial charge in [-0.3, -0.25) is 9.48 Å². The van der Waals surface area contributed by atoms with Crippen LogP contribution in [0.15, 0.2) is 6.07 Å². The molecule has 0 saturated carbocycles. The first-order valence-electron chi connectivity index (χ1n) is 8.87. The van der Waals surface area contributed by atoms with Gasteiger partial charge in [0.25, 0.3) is 5.91 Å². The molecule has 0 fully saturated rings. The molecule has 0 radical (unpaired) electrons. The molecule has 3 rings (SSSR count). The predicted octanol–water partition coefficient (Wildman–Crippen LogP) is 2.90. The van der Waals surface area contributed by atoms with Crippen LogP contribution >= 0.6 is 0 Å². The number of ether oxygens (including phenoxy) is 1. The zero-order valence-electron chi connectivity index (χ0n) is 15.6. The molecule has 0 bridgehead atoms. The number of hydrogen-bond donors (Lipinski definition) is 1. The fourth-order valence-corrected chi connectivity index (χ4v) is 3.76. The molecule has 1 aliphatic rings. The monoisotopic (exact) mass is 342 g/mol. The van der Waals surface area contributed by atoms with Crippen LogP contribution in [-0.2, 0) is 19.4 Å². The number of rotatable bonds is 5. The molecule has 6 heteroatoms. The molecule has 2 heterocycles. The van der Waals surface area contributed by atoms with Crippen LogP contribution < -0.4 is 10.1 Å². The van der Waals surface area contributed by atoms with E-state index in [1.165, 1.54) is 0 Å². The second-order valence-electron chi connectivity index (χ2n) is 6.60. The van der Waals surface area contributed by atoms with Crippen LogP contribution in [0, 0.1) is 13.8 Å². The largest absolute Gasteiger partial charge is 0.480 e. The van der Waals surface area contributed by atoms with Gasteiger partial charge in [-0.25, -0.2) is 4.98 Å². The topological polar surface area (TPSA) is 69.0 Å². The molecule has 2 aromatic heterocycles. The van der Waals surface area contributed by atoms with Crippen molar-refractivity contribution in [3.63, 3.8) is 0 Å². The summed E-state index contributed by atoms with van der Waals surface area (Å²) in [5.41, 5.74) is 5.83. The van der Waals surface area contributed by atoms with Gasteiger partial charge in [-0.2, -0.15) is 5.10 Å². The number of aromatic nitrogens is 3. The Morgan fingerprint density at radius 3 is 2.80 bits per heavy atom. The smallest absolute Gasteiger partial charge is 0.257 e. The summed E-state index contributed by atoms with van der Waals surface area (Å²) in [5.74, 6) is 0.248. The number of fused-ring (bicyclic) bond motifs is 1. The van der Waals surface area contributed by atoms with E-state index in [0.717, 1.165) is 54.0 Å². The zero-order chi connectivity index (χ0) is 18.1. The minimum absolute atomic E-state index is 0.134. The molecule has 2 aromatic rings. The van der Waals surface area contributed by atoms with E-state index in [2.05, 4.69) is 22.3 Å². The summed E-state index contributed by atoms with van der Waals surface area (Å²) >= 11 is 0. The average molecular weight is 342 g/mol. The maximum atomic E-state index is 12.8. The summed E-state index contributed by atoms with van der Waals surface area (Å²) in [7, 11) is 1.56. The number of hydrogen-bond acceptors (Lipinski definition) is 4. The van der Waals surface area contributed by atoms with Gasteiger partial charge in [0.2, 0.25) is 5.88 Å². The van der Waals surface area contributed by atoms with E-state index in [4.69, 9.17) is 4.74 Å². The van der Waals surface area contributed by atoms with Crippen LogP contribution in [0.5, 0.6) is 5.88 Å². The number of amides is 1. The average Bonchev–Trinajstić information content (AvgIpc) is 3.16. The standard InChI is InChI=1S/C19H26N4O2/c1-6-23-13(4)17(12(3)22-23)11(2)20-18(24)15-10-14-8-7-9-16(14)21-19(15)25-5/h10-11H,6-9H2,1-5H3,(H,20,24)/t11-/m1/s1. The van der Waals surface area contributed by atoms with Crippen molar-refractivity contribution in [3.05, 3.63) is 39.8 Å². The highest BCUT2D eigenvalue weighted by atomic mass is 16.5. The van der Waals surface area contributed by atoms with Gasteiger partial charge in [-0.1, -0.05) is 0 Å². The van der Waals surface area contributed by atoms with Gasteiger partial charge in [0, 0.05) is 23.5 Å². The van der Waals surface area contributed by atoms with E-state index < -0.39 is 0 Å². The van der Waals surface area contributed by atoms with E-state index in [1.54, 1.807) is 7.11 Å². The SMILES string of the molecule is CCn1nc(C)c([C@@H](C)NC(=O)c2cc3c(nc2OC)CCC3)c1C. The van der Waals surface area contributed by atoms with Crippen LogP contribution in [-0.4, -0.2) is 27.8 Å². The minimum Gasteiger partial charge on any atom is -0.480 e. The third kappa shape index (κ3) is 3.13. The quantitative estimate of drug-likeness (QED) is 0.907. The van der Waals surface area contributed by atoms with Crippen molar-refractivity contribution in [1.82, 2.24) is 20.1 Å². The summed E-state index contributed by atoms with van der Waals surface area (Å²) in [6, 6.07) is 1.80. The van der Waals surface area contributed by atoms with Crippen molar-refractivity contribution in [2.24, 2.45) is 0 Å². The highest BCUT2D eigenvalue weighted by Gasteiger charge is 2.24. The Labute approximate surface area is 148 Å². The number of methoxy groups -OCH3 is 1. The first-order valence-corrected chi connectivity index (χ1v) is 8.87. The highest BCUT2D eigenvalue weighted by Crippen LogP contribution is 2.27. The first kappa shape index (κ1) is 17.5. The Morgan fingerprint density at radius 1 is 1.40 bits per heavy atom. The van der Waals surface area contributed by atoms with E-state index in [1.807, 2.05) is 31.5 Å².